The quantitative estimate of drug-likeness (QED) is 0.143. The smallest absolute Gasteiger partial charge is 0.0727 e. The topological polar surface area (TPSA) is 6.48 Å². The van der Waals surface area contributed by atoms with Crippen LogP contribution in [0.2, 0.25) is 0 Å². The van der Waals surface area contributed by atoms with Crippen LogP contribution >= 0.6 is 0 Å². The van der Waals surface area contributed by atoms with E-state index in [1.165, 1.54) is 77.9 Å². The maximum atomic E-state index is 2.49. The Morgan fingerprint density at radius 2 is 0.638 bits per heavy atom. The average Bonchev–Trinajstić information content (AvgIpc) is 3.90. The minimum Gasteiger partial charge on any atom is -0.310 e. The molecular formula is C67H46N2. The van der Waals surface area contributed by atoms with Gasteiger partial charge in [0.15, 0.2) is 0 Å². The first-order chi connectivity index (χ1) is 34.3. The molecular weight excluding hydrogens is 833 g/mol. The molecule has 0 aliphatic heterocycles. The number of para-hydroxylation sites is 2. The molecule has 11 aromatic carbocycles. The average molecular weight is 879 g/mol. The number of anilines is 6. The fourth-order valence-corrected chi connectivity index (χ4v) is 11.3. The summed E-state index contributed by atoms with van der Waals surface area (Å²) < 4.78 is 0. The van der Waals surface area contributed by atoms with E-state index in [0.717, 1.165) is 34.1 Å². The van der Waals surface area contributed by atoms with Crippen LogP contribution in [0.15, 0.2) is 279 Å². The predicted molar refractivity (Wildman–Crippen MR) is 288 cm³/mol. The summed E-state index contributed by atoms with van der Waals surface area (Å²) in [5.41, 5.74) is 23.4. The fourth-order valence-electron chi connectivity index (χ4n) is 11.3. The van der Waals surface area contributed by atoms with Gasteiger partial charge in [0.2, 0.25) is 0 Å². The molecule has 1 atom stereocenters. The Morgan fingerprint density at radius 1 is 0.217 bits per heavy atom. The van der Waals surface area contributed by atoms with E-state index in [2.05, 4.69) is 289 Å². The van der Waals surface area contributed by atoms with Crippen molar-refractivity contribution in [2.75, 3.05) is 9.80 Å². The zero-order valence-corrected chi connectivity index (χ0v) is 38.0. The largest absolute Gasteiger partial charge is 0.310 e. The first kappa shape index (κ1) is 40.3. The summed E-state index contributed by atoms with van der Waals surface area (Å²) in [5, 5.41) is 0. The molecule has 0 saturated carbocycles. The molecule has 0 fully saturated rings. The molecule has 0 saturated heterocycles. The van der Waals surface area contributed by atoms with Gasteiger partial charge in [-0.15, -0.1) is 0 Å². The summed E-state index contributed by atoms with van der Waals surface area (Å²) in [6, 6.07) is 102. The molecule has 2 nitrogen and oxygen atoms in total. The molecule has 69 heavy (non-hydrogen) atoms. The summed E-state index contributed by atoms with van der Waals surface area (Å²) in [5.74, 6) is 0. The van der Waals surface area contributed by atoms with Crippen molar-refractivity contribution >= 4 is 34.1 Å². The van der Waals surface area contributed by atoms with Crippen LogP contribution < -0.4 is 9.80 Å². The molecule has 0 amide bonds. The molecule has 0 N–H and O–H groups in total. The molecule has 11 aromatic rings. The van der Waals surface area contributed by atoms with Gasteiger partial charge in [0.1, 0.15) is 0 Å². The Morgan fingerprint density at radius 3 is 1.35 bits per heavy atom. The van der Waals surface area contributed by atoms with Crippen LogP contribution in [-0.4, -0.2) is 0 Å². The van der Waals surface area contributed by atoms with Gasteiger partial charge in [0.05, 0.1) is 16.8 Å². The summed E-state index contributed by atoms with van der Waals surface area (Å²) in [7, 11) is 0. The normalized spacial score (nSPS) is 13.9. The number of nitrogens with zero attached hydrogens (tertiary/aromatic N) is 2. The van der Waals surface area contributed by atoms with Gasteiger partial charge in [-0.25, -0.2) is 0 Å². The van der Waals surface area contributed by atoms with E-state index in [9.17, 15) is 0 Å². The third kappa shape index (κ3) is 6.56. The van der Waals surface area contributed by atoms with E-state index >= 15 is 0 Å². The van der Waals surface area contributed by atoms with Gasteiger partial charge in [0, 0.05) is 33.9 Å². The third-order valence-corrected chi connectivity index (χ3v) is 14.3. The molecule has 0 aromatic heterocycles. The number of hydrogen-bond acceptors (Lipinski definition) is 2. The highest BCUT2D eigenvalue weighted by Crippen LogP contribution is 2.65. The highest BCUT2D eigenvalue weighted by molar-refractivity contribution is 6.02. The van der Waals surface area contributed by atoms with Crippen LogP contribution in [0, 0.1) is 0 Å². The van der Waals surface area contributed by atoms with E-state index in [4.69, 9.17) is 0 Å². The number of hydrogen-bond donors (Lipinski definition) is 0. The van der Waals surface area contributed by atoms with Crippen LogP contribution in [0.5, 0.6) is 0 Å². The van der Waals surface area contributed by atoms with Gasteiger partial charge in [-0.2, -0.15) is 0 Å². The Labute approximate surface area is 404 Å². The number of rotatable bonds is 9. The van der Waals surface area contributed by atoms with Crippen LogP contribution in [0.3, 0.4) is 0 Å². The van der Waals surface area contributed by atoms with E-state index < -0.39 is 5.41 Å². The van der Waals surface area contributed by atoms with E-state index in [-0.39, 0.29) is 0 Å². The second-order valence-electron chi connectivity index (χ2n) is 18.0. The third-order valence-electron chi connectivity index (χ3n) is 14.3. The number of fused-ring (bicyclic) bond motifs is 10. The molecule has 0 radical (unpaired) electrons. The van der Waals surface area contributed by atoms with Crippen molar-refractivity contribution in [1.82, 2.24) is 0 Å². The van der Waals surface area contributed by atoms with Crippen molar-refractivity contribution in [3.63, 3.8) is 0 Å². The molecule has 2 aliphatic carbocycles. The first-order valence-electron chi connectivity index (χ1n) is 23.8. The molecule has 1 unspecified atom stereocenters. The lowest BCUT2D eigenvalue weighted by molar-refractivity contribution is 0.793. The predicted octanol–water partition coefficient (Wildman–Crippen LogP) is 18.0. The fraction of sp³-hybridized carbons (Fsp3) is 0.0149. The lowest BCUT2D eigenvalue weighted by atomic mass is 9.70. The Kier molecular flexibility index (Phi) is 9.77. The zero-order valence-electron chi connectivity index (χ0n) is 38.0. The number of benzene rings is 11. The van der Waals surface area contributed by atoms with Gasteiger partial charge in [0.25, 0.3) is 0 Å². The van der Waals surface area contributed by atoms with E-state index in [1.807, 2.05) is 0 Å². The summed E-state index contributed by atoms with van der Waals surface area (Å²) in [6.07, 6.45) is 0. The van der Waals surface area contributed by atoms with Gasteiger partial charge in [-0.05, 0) is 127 Å². The molecule has 1 spiro atoms. The Balaban J connectivity index is 1.05. The van der Waals surface area contributed by atoms with Gasteiger partial charge in [-0.1, -0.05) is 218 Å². The van der Waals surface area contributed by atoms with Crippen LogP contribution in [0.4, 0.5) is 34.1 Å². The van der Waals surface area contributed by atoms with Crippen LogP contribution in [0.1, 0.15) is 22.3 Å². The molecule has 2 aliphatic rings. The molecule has 324 valence electrons. The second-order valence-corrected chi connectivity index (χ2v) is 18.0. The summed E-state index contributed by atoms with van der Waals surface area (Å²) in [6.45, 7) is 0. The lowest BCUT2D eigenvalue weighted by Gasteiger charge is -2.33. The van der Waals surface area contributed by atoms with Crippen molar-refractivity contribution in [2.24, 2.45) is 0 Å². The van der Waals surface area contributed by atoms with Gasteiger partial charge >= 0.3 is 0 Å². The summed E-state index contributed by atoms with van der Waals surface area (Å²) in [4.78, 5) is 4.92. The minimum absolute atomic E-state index is 0.597. The Hall–Kier alpha value is -8.98. The SMILES string of the molecule is c1ccc(-c2ccc(N(c3cccc(-c4ccccc4)c3)c3cccc4c3-c3ccccc3C43c4ccccc4-c4ccc(N(c5ccccc5)c5ccccc5-c5ccccc5)cc43)cc2)cc1. The lowest BCUT2D eigenvalue weighted by Crippen LogP contribution is -2.26. The minimum atomic E-state index is -0.597. The maximum Gasteiger partial charge on any atom is 0.0727 e. The van der Waals surface area contributed by atoms with E-state index in [0.29, 0.717) is 0 Å². The molecule has 0 bridgehead atoms. The first-order valence-corrected chi connectivity index (χ1v) is 23.8. The monoisotopic (exact) mass is 878 g/mol. The van der Waals surface area contributed by atoms with Crippen molar-refractivity contribution in [2.45, 2.75) is 5.41 Å². The second kappa shape index (κ2) is 16.7. The van der Waals surface area contributed by atoms with Crippen molar-refractivity contribution in [3.8, 4) is 55.6 Å². The van der Waals surface area contributed by atoms with Gasteiger partial charge in [-0.3, -0.25) is 0 Å². The summed E-state index contributed by atoms with van der Waals surface area (Å²) >= 11 is 0. The highest BCUT2D eigenvalue weighted by atomic mass is 15.2. The molecule has 13 rings (SSSR count). The van der Waals surface area contributed by atoms with Crippen molar-refractivity contribution in [3.05, 3.63) is 301 Å². The van der Waals surface area contributed by atoms with Crippen molar-refractivity contribution < 1.29 is 0 Å². The maximum absolute atomic E-state index is 2.49. The van der Waals surface area contributed by atoms with E-state index in [1.54, 1.807) is 0 Å². The van der Waals surface area contributed by atoms with Crippen LogP contribution in [-0.2, 0) is 5.41 Å². The standard InChI is InChI=1S/C67H46N2/c1-5-21-47(22-6-1)49-39-41-53(42-40-49)69(54-30-19-27-51(45-54)48-23-7-2-8-24-48)65-38-20-36-62-66(65)59-33-14-17-35-61(59)67(62)60-34-16-13-32-57(60)58-44-43-55(46-63(58)67)68(52-28-11-4-12-29-52)64-37-18-15-31-56(64)50-25-9-3-10-26-50/h1-46H. The van der Waals surface area contributed by atoms with Crippen LogP contribution in [0.25, 0.3) is 55.6 Å². The molecule has 2 heteroatoms. The Bertz CT molecular complexity index is 3660. The van der Waals surface area contributed by atoms with Crippen molar-refractivity contribution in [1.29, 1.82) is 0 Å². The zero-order chi connectivity index (χ0) is 45.7. The van der Waals surface area contributed by atoms with Gasteiger partial charge < -0.3 is 9.80 Å². The molecule has 0 heterocycles. The highest BCUT2D eigenvalue weighted by Gasteiger charge is 2.52.